The van der Waals surface area contributed by atoms with Gasteiger partial charge in [-0.25, -0.2) is 4.98 Å². The zero-order valence-corrected chi connectivity index (χ0v) is 18.8. The van der Waals surface area contributed by atoms with Crippen LogP contribution >= 0.6 is 11.6 Å². The molecule has 154 valence electrons. The fraction of sp³-hybridized carbons (Fsp3) is 0.100. The van der Waals surface area contributed by atoms with Gasteiger partial charge in [-0.05, 0) is 42.7 Å². The molecule has 0 saturated carbocycles. The van der Waals surface area contributed by atoms with Gasteiger partial charge in [0.1, 0.15) is 4.87 Å². The zero-order chi connectivity index (χ0) is 21.9. The molecule has 0 spiro atoms. The molecule has 1 atom stereocenters. The summed E-state index contributed by atoms with van der Waals surface area (Å²) in [6, 6.07) is 34.1. The number of hydrogen-bond acceptors (Lipinski definition) is 1. The summed E-state index contributed by atoms with van der Waals surface area (Å²) in [4.78, 5) is 4.39. The van der Waals surface area contributed by atoms with Crippen molar-refractivity contribution in [3.63, 3.8) is 0 Å². The van der Waals surface area contributed by atoms with Crippen molar-refractivity contribution in [2.75, 3.05) is 0 Å². The summed E-state index contributed by atoms with van der Waals surface area (Å²) < 4.78 is 0. The first kappa shape index (κ1) is 19.3. The van der Waals surface area contributed by atoms with Crippen LogP contribution in [0, 0.1) is 13.8 Å². The molecule has 0 amide bonds. The molecule has 6 rings (SSSR count). The first-order chi connectivity index (χ1) is 15.6. The van der Waals surface area contributed by atoms with Crippen molar-refractivity contribution in [1.82, 2.24) is 4.98 Å². The van der Waals surface area contributed by atoms with E-state index in [1.807, 2.05) is 6.07 Å². The van der Waals surface area contributed by atoms with Crippen LogP contribution < -0.4 is 0 Å². The number of nitrogens with zero attached hydrogens (tertiary/aromatic N) is 1. The Kier molecular flexibility index (Phi) is 4.25. The molecule has 0 radical (unpaired) electrons. The van der Waals surface area contributed by atoms with Gasteiger partial charge in [0.05, 0.1) is 11.2 Å². The Morgan fingerprint density at radius 1 is 0.719 bits per heavy atom. The lowest BCUT2D eigenvalue weighted by Crippen LogP contribution is -2.20. The molecule has 0 saturated heterocycles. The first-order valence-electron chi connectivity index (χ1n) is 10.9. The van der Waals surface area contributed by atoms with Gasteiger partial charge in [0.15, 0.2) is 0 Å². The molecule has 1 aliphatic carbocycles. The minimum absolute atomic E-state index is 0.780. The number of aryl methyl sites for hydroxylation is 2. The molecule has 1 aliphatic rings. The number of fused-ring (bicyclic) bond motifs is 5. The van der Waals surface area contributed by atoms with Crippen LogP contribution in [0.2, 0.25) is 0 Å². The molecule has 5 aromatic rings. The predicted molar refractivity (Wildman–Crippen MR) is 134 cm³/mol. The SMILES string of the molecule is Cc1ccc(C2(Cl)c3ccccc3-c3c(-c4ccccc4)nc4ccc(C)cc4c32)cc1. The summed E-state index contributed by atoms with van der Waals surface area (Å²) in [5.41, 5.74) is 11.1. The van der Waals surface area contributed by atoms with Crippen LogP contribution in [-0.2, 0) is 4.87 Å². The van der Waals surface area contributed by atoms with Gasteiger partial charge < -0.3 is 0 Å². The second kappa shape index (κ2) is 7.05. The van der Waals surface area contributed by atoms with Crippen molar-refractivity contribution in [2.24, 2.45) is 0 Å². The molecule has 0 aliphatic heterocycles. The number of aromatic nitrogens is 1. The molecular weight excluding hydrogens is 410 g/mol. The molecule has 1 heterocycles. The van der Waals surface area contributed by atoms with Crippen molar-refractivity contribution in [1.29, 1.82) is 0 Å². The molecular formula is C30H22ClN. The van der Waals surface area contributed by atoms with Gasteiger partial charge in [0, 0.05) is 22.1 Å². The highest BCUT2D eigenvalue weighted by molar-refractivity contribution is 6.32. The quantitative estimate of drug-likeness (QED) is 0.258. The molecule has 2 heteroatoms. The molecule has 1 nitrogen and oxygen atoms in total. The molecule has 32 heavy (non-hydrogen) atoms. The molecule has 4 aromatic carbocycles. The average molecular weight is 432 g/mol. The molecule has 0 bridgehead atoms. The second-order valence-corrected chi connectivity index (χ2v) is 9.23. The summed E-state index contributed by atoms with van der Waals surface area (Å²) in [5, 5.41) is 1.12. The molecule has 0 fully saturated rings. The third-order valence-corrected chi connectivity index (χ3v) is 7.16. The summed E-state index contributed by atoms with van der Waals surface area (Å²) in [6.07, 6.45) is 0. The lowest BCUT2D eigenvalue weighted by molar-refractivity contribution is 0.918. The lowest BCUT2D eigenvalue weighted by Gasteiger charge is -2.27. The van der Waals surface area contributed by atoms with Gasteiger partial charge in [0.2, 0.25) is 0 Å². The zero-order valence-electron chi connectivity index (χ0n) is 18.1. The molecule has 1 unspecified atom stereocenters. The van der Waals surface area contributed by atoms with Crippen LogP contribution in [0.1, 0.15) is 27.8 Å². The van der Waals surface area contributed by atoms with Crippen LogP contribution in [0.15, 0.2) is 97.1 Å². The van der Waals surface area contributed by atoms with Gasteiger partial charge in [-0.1, -0.05) is 96.1 Å². The Balaban J connectivity index is 1.82. The third kappa shape index (κ3) is 2.68. The van der Waals surface area contributed by atoms with Crippen molar-refractivity contribution in [2.45, 2.75) is 18.7 Å². The number of alkyl halides is 1. The Labute approximate surface area is 193 Å². The monoisotopic (exact) mass is 431 g/mol. The topological polar surface area (TPSA) is 12.9 Å². The minimum atomic E-state index is -0.780. The maximum absolute atomic E-state index is 7.77. The van der Waals surface area contributed by atoms with E-state index in [4.69, 9.17) is 16.6 Å². The van der Waals surface area contributed by atoms with Gasteiger partial charge in [-0.3, -0.25) is 0 Å². The lowest BCUT2D eigenvalue weighted by atomic mass is 9.85. The smallest absolute Gasteiger partial charge is 0.121 e. The summed E-state index contributed by atoms with van der Waals surface area (Å²) in [7, 11) is 0. The van der Waals surface area contributed by atoms with Crippen LogP contribution in [0.25, 0.3) is 33.3 Å². The number of rotatable bonds is 2. The first-order valence-corrected chi connectivity index (χ1v) is 11.3. The Morgan fingerprint density at radius 2 is 1.41 bits per heavy atom. The van der Waals surface area contributed by atoms with Gasteiger partial charge >= 0.3 is 0 Å². The van der Waals surface area contributed by atoms with E-state index in [-0.39, 0.29) is 0 Å². The van der Waals surface area contributed by atoms with E-state index in [1.54, 1.807) is 0 Å². The number of hydrogen-bond donors (Lipinski definition) is 0. The standard InChI is InChI=1S/C30H22ClN/c1-19-12-15-22(16-13-19)30(31)25-11-7-6-10-23(25)27-28(30)24-18-20(2)14-17-26(24)32-29(27)21-8-4-3-5-9-21/h3-18H,1-2H3. The summed E-state index contributed by atoms with van der Waals surface area (Å²) in [5.74, 6) is 0. The number of halogens is 1. The highest BCUT2D eigenvalue weighted by Crippen LogP contribution is 2.59. The van der Waals surface area contributed by atoms with E-state index in [2.05, 4.69) is 105 Å². The van der Waals surface area contributed by atoms with E-state index in [0.29, 0.717) is 0 Å². The highest BCUT2D eigenvalue weighted by Gasteiger charge is 2.46. The Bertz CT molecular complexity index is 1490. The Hall–Kier alpha value is -3.42. The van der Waals surface area contributed by atoms with Gasteiger partial charge in [-0.2, -0.15) is 0 Å². The highest BCUT2D eigenvalue weighted by atomic mass is 35.5. The molecule has 1 aromatic heterocycles. The second-order valence-electron chi connectivity index (χ2n) is 8.67. The van der Waals surface area contributed by atoms with E-state index < -0.39 is 4.87 Å². The summed E-state index contributed by atoms with van der Waals surface area (Å²) >= 11 is 7.77. The fourth-order valence-electron chi connectivity index (χ4n) is 5.02. The Morgan fingerprint density at radius 3 is 2.19 bits per heavy atom. The number of benzene rings is 4. The largest absolute Gasteiger partial charge is 0.247 e. The predicted octanol–water partition coefficient (Wildman–Crippen LogP) is 8.03. The van der Waals surface area contributed by atoms with E-state index >= 15 is 0 Å². The maximum Gasteiger partial charge on any atom is 0.121 e. The van der Waals surface area contributed by atoms with Crippen LogP contribution in [-0.4, -0.2) is 4.98 Å². The summed E-state index contributed by atoms with van der Waals surface area (Å²) in [6.45, 7) is 4.23. The van der Waals surface area contributed by atoms with Crippen molar-refractivity contribution >= 4 is 22.5 Å². The molecule has 0 N–H and O–H groups in total. The normalized spacial score (nSPS) is 16.7. The van der Waals surface area contributed by atoms with Crippen molar-refractivity contribution in [3.8, 4) is 22.4 Å². The van der Waals surface area contributed by atoms with Crippen LogP contribution in [0.5, 0.6) is 0 Å². The maximum atomic E-state index is 7.77. The third-order valence-electron chi connectivity index (χ3n) is 6.55. The van der Waals surface area contributed by atoms with Crippen LogP contribution in [0.4, 0.5) is 0 Å². The van der Waals surface area contributed by atoms with Crippen LogP contribution in [0.3, 0.4) is 0 Å². The number of pyridine rings is 1. The average Bonchev–Trinajstić information content (AvgIpc) is 3.10. The minimum Gasteiger partial charge on any atom is -0.247 e. The van der Waals surface area contributed by atoms with Gasteiger partial charge in [0.25, 0.3) is 0 Å². The van der Waals surface area contributed by atoms with E-state index in [0.717, 1.165) is 50.0 Å². The van der Waals surface area contributed by atoms with Crippen molar-refractivity contribution in [3.05, 3.63) is 125 Å². The van der Waals surface area contributed by atoms with E-state index in [9.17, 15) is 0 Å². The van der Waals surface area contributed by atoms with Crippen molar-refractivity contribution < 1.29 is 0 Å². The fourth-order valence-corrected chi connectivity index (χ4v) is 5.51. The van der Waals surface area contributed by atoms with Gasteiger partial charge in [-0.15, -0.1) is 11.6 Å². The van der Waals surface area contributed by atoms with E-state index in [1.165, 1.54) is 11.1 Å².